The first kappa shape index (κ1) is 11.5. The van der Waals surface area contributed by atoms with Crippen molar-refractivity contribution in [1.82, 2.24) is 24.7 Å². The van der Waals surface area contributed by atoms with E-state index in [1.54, 1.807) is 0 Å². The SMILES string of the molecule is COC(=O)c1ncn(-c2nc(N)nc3sccc23)n1. The van der Waals surface area contributed by atoms with E-state index in [9.17, 15) is 4.79 Å². The molecule has 0 aliphatic rings. The lowest BCUT2D eigenvalue weighted by Crippen LogP contribution is -2.07. The second kappa shape index (κ2) is 4.28. The van der Waals surface area contributed by atoms with Gasteiger partial charge in [-0.05, 0) is 11.4 Å². The lowest BCUT2D eigenvalue weighted by Gasteiger charge is -2.02. The lowest BCUT2D eigenvalue weighted by atomic mass is 10.4. The van der Waals surface area contributed by atoms with Crippen LogP contribution < -0.4 is 5.73 Å². The highest BCUT2D eigenvalue weighted by atomic mass is 32.1. The van der Waals surface area contributed by atoms with E-state index >= 15 is 0 Å². The number of anilines is 1. The minimum atomic E-state index is -0.609. The van der Waals surface area contributed by atoms with Crippen LogP contribution >= 0.6 is 11.3 Å². The van der Waals surface area contributed by atoms with Gasteiger partial charge in [-0.2, -0.15) is 4.98 Å². The van der Waals surface area contributed by atoms with Gasteiger partial charge in [0.25, 0.3) is 5.82 Å². The number of esters is 1. The Morgan fingerprint density at radius 1 is 1.47 bits per heavy atom. The fourth-order valence-electron chi connectivity index (χ4n) is 1.58. The molecule has 8 nitrogen and oxygen atoms in total. The van der Waals surface area contributed by atoms with Gasteiger partial charge in [0, 0.05) is 0 Å². The molecule has 19 heavy (non-hydrogen) atoms. The smallest absolute Gasteiger partial charge is 0.377 e. The molecule has 3 heterocycles. The normalized spacial score (nSPS) is 10.8. The van der Waals surface area contributed by atoms with Gasteiger partial charge in [-0.15, -0.1) is 16.4 Å². The molecule has 0 aliphatic heterocycles. The van der Waals surface area contributed by atoms with Crippen molar-refractivity contribution >= 4 is 33.5 Å². The zero-order valence-electron chi connectivity index (χ0n) is 9.77. The number of rotatable bonds is 2. The van der Waals surface area contributed by atoms with Gasteiger partial charge in [0.05, 0.1) is 12.5 Å². The van der Waals surface area contributed by atoms with Crippen molar-refractivity contribution in [2.75, 3.05) is 12.8 Å². The second-order valence-corrected chi connectivity index (χ2v) is 4.44. The summed E-state index contributed by atoms with van der Waals surface area (Å²) in [6, 6.07) is 1.86. The third-order valence-electron chi connectivity index (χ3n) is 2.40. The maximum Gasteiger partial charge on any atom is 0.377 e. The first-order chi connectivity index (χ1) is 9.19. The van der Waals surface area contributed by atoms with Crippen LogP contribution in [0.5, 0.6) is 0 Å². The Labute approximate surface area is 110 Å². The van der Waals surface area contributed by atoms with Crippen LogP contribution in [0.2, 0.25) is 0 Å². The molecule has 0 aromatic carbocycles. The molecule has 0 amide bonds. The lowest BCUT2D eigenvalue weighted by molar-refractivity contribution is 0.0587. The molecule has 0 spiro atoms. The zero-order valence-corrected chi connectivity index (χ0v) is 10.6. The van der Waals surface area contributed by atoms with Crippen LogP contribution in [-0.2, 0) is 4.74 Å². The summed E-state index contributed by atoms with van der Waals surface area (Å²) < 4.78 is 5.92. The van der Waals surface area contributed by atoms with Gasteiger partial charge in [-0.1, -0.05) is 0 Å². The van der Waals surface area contributed by atoms with Crippen LogP contribution in [0.4, 0.5) is 5.95 Å². The van der Waals surface area contributed by atoms with E-state index in [2.05, 4.69) is 24.8 Å². The van der Waals surface area contributed by atoms with Crippen LogP contribution in [-0.4, -0.2) is 37.8 Å². The van der Waals surface area contributed by atoms with E-state index in [0.29, 0.717) is 5.82 Å². The Bertz CT molecular complexity index is 764. The van der Waals surface area contributed by atoms with Crippen molar-refractivity contribution in [2.24, 2.45) is 0 Å². The fourth-order valence-corrected chi connectivity index (χ4v) is 2.35. The Kier molecular flexibility index (Phi) is 2.60. The standard InChI is InChI=1S/C10H8N6O2S/c1-18-9(17)6-12-4-16(15-6)7-5-2-3-19-8(5)14-10(11)13-7/h2-4H,1H3,(H2,11,13,14). The van der Waals surface area contributed by atoms with Crippen LogP contribution in [0, 0.1) is 0 Å². The number of nitrogen functional groups attached to an aromatic ring is 1. The molecule has 0 radical (unpaired) electrons. The molecule has 3 rings (SSSR count). The molecule has 0 bridgehead atoms. The molecule has 0 saturated carbocycles. The van der Waals surface area contributed by atoms with E-state index < -0.39 is 5.97 Å². The average Bonchev–Trinajstić information content (AvgIpc) is 3.05. The summed E-state index contributed by atoms with van der Waals surface area (Å²) in [4.78, 5) is 24.2. The van der Waals surface area contributed by atoms with Crippen LogP contribution in [0.1, 0.15) is 10.6 Å². The third-order valence-corrected chi connectivity index (χ3v) is 3.21. The minimum absolute atomic E-state index is 0.0388. The number of fused-ring (bicyclic) bond motifs is 1. The van der Waals surface area contributed by atoms with Crippen molar-refractivity contribution < 1.29 is 9.53 Å². The summed E-state index contributed by atoms with van der Waals surface area (Å²) in [5.41, 5.74) is 5.65. The summed E-state index contributed by atoms with van der Waals surface area (Å²) in [5.74, 6) is -0.0307. The molecule has 0 saturated heterocycles. The molecule has 0 aliphatic carbocycles. The Hall–Kier alpha value is -2.55. The number of carbonyl (C=O) groups is 1. The van der Waals surface area contributed by atoms with Gasteiger partial charge in [-0.25, -0.2) is 19.4 Å². The van der Waals surface area contributed by atoms with Gasteiger partial charge in [0.2, 0.25) is 5.95 Å². The summed E-state index contributed by atoms with van der Waals surface area (Å²) in [6.45, 7) is 0. The molecule has 3 aromatic heterocycles. The molecule has 0 atom stereocenters. The number of methoxy groups -OCH3 is 1. The van der Waals surface area contributed by atoms with Gasteiger partial charge in [-0.3, -0.25) is 0 Å². The fraction of sp³-hybridized carbons (Fsp3) is 0.100. The minimum Gasteiger partial charge on any atom is -0.463 e. The van der Waals surface area contributed by atoms with Gasteiger partial charge >= 0.3 is 5.97 Å². The highest BCUT2D eigenvalue weighted by Crippen LogP contribution is 2.24. The number of hydrogen-bond acceptors (Lipinski definition) is 8. The summed E-state index contributed by atoms with van der Waals surface area (Å²) in [5, 5.41) is 6.68. The van der Waals surface area contributed by atoms with E-state index in [1.165, 1.54) is 29.5 Å². The number of nitrogens with zero attached hydrogens (tertiary/aromatic N) is 5. The number of thiophene rings is 1. The maximum absolute atomic E-state index is 11.3. The zero-order chi connectivity index (χ0) is 13.4. The van der Waals surface area contributed by atoms with E-state index in [-0.39, 0.29) is 11.8 Å². The first-order valence-corrected chi connectivity index (χ1v) is 6.08. The average molecular weight is 276 g/mol. The number of ether oxygens (including phenoxy) is 1. The highest BCUT2D eigenvalue weighted by Gasteiger charge is 2.15. The van der Waals surface area contributed by atoms with Crippen molar-refractivity contribution in [3.05, 3.63) is 23.6 Å². The Balaban J connectivity index is 2.16. The van der Waals surface area contributed by atoms with Crippen molar-refractivity contribution in [3.8, 4) is 5.82 Å². The molecular formula is C10H8N6O2S. The molecule has 9 heteroatoms. The molecule has 96 valence electrons. The number of carbonyl (C=O) groups excluding carboxylic acids is 1. The molecule has 0 unspecified atom stereocenters. The quantitative estimate of drug-likeness (QED) is 0.684. The van der Waals surface area contributed by atoms with Crippen LogP contribution in [0.25, 0.3) is 16.0 Å². The Morgan fingerprint density at radius 3 is 3.11 bits per heavy atom. The first-order valence-electron chi connectivity index (χ1n) is 5.20. The predicted molar refractivity (Wildman–Crippen MR) is 68.1 cm³/mol. The van der Waals surface area contributed by atoms with Crippen molar-refractivity contribution in [2.45, 2.75) is 0 Å². The van der Waals surface area contributed by atoms with E-state index in [1.807, 2.05) is 11.4 Å². The molecular weight excluding hydrogens is 268 g/mol. The molecule has 0 fully saturated rings. The second-order valence-electron chi connectivity index (χ2n) is 3.55. The highest BCUT2D eigenvalue weighted by molar-refractivity contribution is 7.16. The number of hydrogen-bond donors (Lipinski definition) is 1. The maximum atomic E-state index is 11.3. The van der Waals surface area contributed by atoms with E-state index in [4.69, 9.17) is 5.73 Å². The monoisotopic (exact) mass is 276 g/mol. The van der Waals surface area contributed by atoms with Gasteiger partial charge < -0.3 is 10.5 Å². The van der Waals surface area contributed by atoms with Gasteiger partial charge in [0.1, 0.15) is 11.2 Å². The summed E-state index contributed by atoms with van der Waals surface area (Å²) >= 11 is 1.44. The summed E-state index contributed by atoms with van der Waals surface area (Å²) in [7, 11) is 1.27. The van der Waals surface area contributed by atoms with Crippen LogP contribution in [0.3, 0.4) is 0 Å². The van der Waals surface area contributed by atoms with E-state index in [0.717, 1.165) is 10.2 Å². The third kappa shape index (κ3) is 1.89. The largest absolute Gasteiger partial charge is 0.463 e. The molecule has 2 N–H and O–H groups in total. The Morgan fingerprint density at radius 2 is 2.32 bits per heavy atom. The number of aromatic nitrogens is 5. The van der Waals surface area contributed by atoms with Crippen molar-refractivity contribution in [3.63, 3.8) is 0 Å². The van der Waals surface area contributed by atoms with Gasteiger partial charge in [0.15, 0.2) is 5.82 Å². The van der Waals surface area contributed by atoms with Crippen molar-refractivity contribution in [1.29, 1.82) is 0 Å². The number of nitrogens with two attached hydrogens (primary N) is 1. The molecule has 3 aromatic rings. The van der Waals surface area contributed by atoms with Crippen LogP contribution in [0.15, 0.2) is 17.8 Å². The topological polar surface area (TPSA) is 109 Å². The predicted octanol–water partition coefficient (Wildman–Crippen LogP) is 0.641. The summed E-state index contributed by atoms with van der Waals surface area (Å²) in [6.07, 6.45) is 1.38.